The van der Waals surface area contributed by atoms with E-state index in [2.05, 4.69) is 20.2 Å². The summed E-state index contributed by atoms with van der Waals surface area (Å²) >= 11 is 5.84. The van der Waals surface area contributed by atoms with Crippen molar-refractivity contribution in [1.82, 2.24) is 20.2 Å². The maximum atomic E-state index is 11.5. The number of pyridine rings is 2. The molecule has 182 valence electrons. The predicted molar refractivity (Wildman–Crippen MR) is 130 cm³/mol. The standard InChI is InChI=1S/C25H25ClN4O5/c1-4-5-7-15-20(21-16(33-2)8-6-9-17(21)34-3)23(31)22(24(32)28-15)25-30-29-19(35-25)12-14-10-11-18(26)27-13-14/h6,8-11,13H,4-5,7,12H2,1-3H3,(H2,28,31,32). The van der Waals surface area contributed by atoms with E-state index in [0.717, 1.165) is 18.4 Å². The topological polar surface area (TPSA) is 124 Å². The van der Waals surface area contributed by atoms with Crippen molar-refractivity contribution in [3.05, 3.63) is 58.8 Å². The summed E-state index contributed by atoms with van der Waals surface area (Å²) < 4.78 is 16.9. The first-order valence-electron chi connectivity index (χ1n) is 11.1. The third-order valence-corrected chi connectivity index (χ3v) is 5.72. The summed E-state index contributed by atoms with van der Waals surface area (Å²) in [6, 6.07) is 8.77. The fourth-order valence-electron chi connectivity index (χ4n) is 3.80. The molecule has 0 unspecified atom stereocenters. The van der Waals surface area contributed by atoms with Crippen LogP contribution in [0.2, 0.25) is 5.15 Å². The molecule has 4 rings (SSSR count). The Bertz CT molecular complexity index is 1300. The van der Waals surface area contributed by atoms with Crippen LogP contribution in [-0.2, 0) is 12.8 Å². The number of hydrogen-bond donors (Lipinski definition) is 2. The van der Waals surface area contributed by atoms with E-state index in [4.69, 9.17) is 25.5 Å². The summed E-state index contributed by atoms with van der Waals surface area (Å²) in [6.07, 6.45) is 4.13. The van der Waals surface area contributed by atoms with Crippen molar-refractivity contribution >= 4 is 11.6 Å². The predicted octanol–water partition coefficient (Wildman–Crippen LogP) is 5.21. The van der Waals surface area contributed by atoms with Crippen molar-refractivity contribution in [2.24, 2.45) is 0 Å². The van der Waals surface area contributed by atoms with E-state index in [0.29, 0.717) is 46.3 Å². The molecule has 9 nitrogen and oxygen atoms in total. The zero-order valence-electron chi connectivity index (χ0n) is 19.6. The lowest BCUT2D eigenvalue weighted by Gasteiger charge is -2.18. The minimum atomic E-state index is -0.408. The second-order valence-electron chi connectivity index (χ2n) is 7.79. The van der Waals surface area contributed by atoms with Gasteiger partial charge in [-0.3, -0.25) is 0 Å². The van der Waals surface area contributed by atoms with Gasteiger partial charge in [0.2, 0.25) is 11.8 Å². The van der Waals surface area contributed by atoms with Gasteiger partial charge in [-0.25, -0.2) is 9.97 Å². The van der Waals surface area contributed by atoms with Crippen LogP contribution in [0.5, 0.6) is 23.1 Å². The summed E-state index contributed by atoms with van der Waals surface area (Å²) in [5.74, 6) is 0.509. The van der Waals surface area contributed by atoms with E-state index in [1.165, 1.54) is 14.2 Å². The summed E-state index contributed by atoms with van der Waals surface area (Å²) in [5, 5.41) is 30.7. The first-order valence-corrected chi connectivity index (χ1v) is 11.4. The molecule has 0 bridgehead atoms. The third-order valence-electron chi connectivity index (χ3n) is 5.50. The van der Waals surface area contributed by atoms with Gasteiger partial charge in [0.05, 0.1) is 37.5 Å². The van der Waals surface area contributed by atoms with E-state index in [1.54, 1.807) is 36.5 Å². The molecule has 0 aliphatic carbocycles. The minimum absolute atomic E-state index is 0.0680. The van der Waals surface area contributed by atoms with Crippen LogP contribution < -0.4 is 9.47 Å². The number of aromatic nitrogens is 4. The summed E-state index contributed by atoms with van der Waals surface area (Å²) in [4.78, 5) is 8.45. The number of benzene rings is 1. The Morgan fingerprint density at radius 2 is 1.71 bits per heavy atom. The molecule has 1 aromatic carbocycles. The van der Waals surface area contributed by atoms with Gasteiger partial charge in [-0.1, -0.05) is 37.1 Å². The molecule has 0 radical (unpaired) electrons. The van der Waals surface area contributed by atoms with Crippen molar-refractivity contribution in [3.63, 3.8) is 0 Å². The van der Waals surface area contributed by atoms with Crippen molar-refractivity contribution in [1.29, 1.82) is 0 Å². The monoisotopic (exact) mass is 496 g/mol. The fourth-order valence-corrected chi connectivity index (χ4v) is 3.91. The number of nitrogens with zero attached hydrogens (tertiary/aromatic N) is 4. The summed E-state index contributed by atoms with van der Waals surface area (Å²) in [7, 11) is 3.07. The Morgan fingerprint density at radius 3 is 2.34 bits per heavy atom. The SMILES string of the molecule is CCCCc1nc(O)c(-c2nnc(Cc3ccc(Cl)nc3)o2)c(O)c1-c1c(OC)cccc1OC. The highest BCUT2D eigenvalue weighted by Crippen LogP contribution is 2.49. The van der Waals surface area contributed by atoms with Crippen LogP contribution in [0, 0.1) is 0 Å². The van der Waals surface area contributed by atoms with Gasteiger partial charge in [0.15, 0.2) is 0 Å². The van der Waals surface area contributed by atoms with Crippen molar-refractivity contribution in [2.75, 3.05) is 14.2 Å². The largest absolute Gasteiger partial charge is 0.506 e. The number of methoxy groups -OCH3 is 2. The van der Waals surface area contributed by atoms with Crippen LogP contribution in [0.25, 0.3) is 22.6 Å². The lowest BCUT2D eigenvalue weighted by atomic mass is 9.95. The highest BCUT2D eigenvalue weighted by atomic mass is 35.5. The van der Waals surface area contributed by atoms with Crippen LogP contribution >= 0.6 is 11.6 Å². The van der Waals surface area contributed by atoms with Crippen LogP contribution in [0.1, 0.15) is 36.9 Å². The quantitative estimate of drug-likeness (QED) is 0.300. The van der Waals surface area contributed by atoms with Crippen molar-refractivity contribution in [2.45, 2.75) is 32.6 Å². The lowest BCUT2D eigenvalue weighted by Crippen LogP contribution is -2.01. The molecule has 0 saturated carbocycles. The molecule has 0 atom stereocenters. The molecule has 3 heterocycles. The second kappa shape index (κ2) is 10.6. The zero-order chi connectivity index (χ0) is 24.9. The number of unbranched alkanes of at least 4 members (excludes halogenated alkanes) is 1. The van der Waals surface area contributed by atoms with Crippen LogP contribution in [0.3, 0.4) is 0 Å². The second-order valence-corrected chi connectivity index (χ2v) is 8.18. The average Bonchev–Trinajstić information content (AvgIpc) is 3.31. The maximum absolute atomic E-state index is 11.5. The molecular weight excluding hydrogens is 472 g/mol. The van der Waals surface area contributed by atoms with Gasteiger partial charge in [0.1, 0.15) is 28.0 Å². The molecular formula is C25H25ClN4O5. The first kappa shape index (κ1) is 24.3. The number of aryl methyl sites for hydroxylation is 1. The van der Waals surface area contributed by atoms with Gasteiger partial charge in [-0.05, 0) is 36.6 Å². The van der Waals surface area contributed by atoms with Gasteiger partial charge >= 0.3 is 0 Å². The number of halogens is 1. The van der Waals surface area contributed by atoms with Crippen LogP contribution in [-0.4, -0.2) is 44.6 Å². The minimum Gasteiger partial charge on any atom is -0.506 e. The highest BCUT2D eigenvalue weighted by Gasteiger charge is 2.28. The van der Waals surface area contributed by atoms with E-state index in [9.17, 15) is 10.2 Å². The summed E-state index contributed by atoms with van der Waals surface area (Å²) in [6.45, 7) is 2.05. The molecule has 10 heteroatoms. The normalized spacial score (nSPS) is 11.0. The molecule has 0 fully saturated rings. The van der Waals surface area contributed by atoms with E-state index < -0.39 is 5.88 Å². The molecule has 0 aliphatic rings. The summed E-state index contributed by atoms with van der Waals surface area (Å²) in [5.41, 5.74) is 2.14. The maximum Gasteiger partial charge on any atom is 0.257 e. The van der Waals surface area contributed by atoms with Gasteiger partial charge < -0.3 is 24.1 Å². The molecule has 0 spiro atoms. The van der Waals surface area contributed by atoms with E-state index in [-0.39, 0.29) is 23.1 Å². The Labute approximate surface area is 207 Å². The molecule has 4 aromatic rings. The Kier molecular flexibility index (Phi) is 7.36. The molecule has 0 aliphatic heterocycles. The first-order chi connectivity index (χ1) is 17.0. The van der Waals surface area contributed by atoms with Crippen LogP contribution in [0.15, 0.2) is 40.9 Å². The smallest absolute Gasteiger partial charge is 0.257 e. The van der Waals surface area contributed by atoms with E-state index >= 15 is 0 Å². The average molecular weight is 497 g/mol. The number of aromatic hydroxyl groups is 2. The van der Waals surface area contributed by atoms with E-state index in [1.807, 2.05) is 6.92 Å². The van der Waals surface area contributed by atoms with Crippen molar-refractivity contribution in [3.8, 4) is 45.7 Å². The molecule has 3 aromatic heterocycles. The number of hydrogen-bond acceptors (Lipinski definition) is 9. The highest BCUT2D eigenvalue weighted by molar-refractivity contribution is 6.29. The van der Waals surface area contributed by atoms with Gasteiger partial charge in [-0.2, -0.15) is 0 Å². The fraction of sp³-hybridized carbons (Fsp3) is 0.280. The zero-order valence-corrected chi connectivity index (χ0v) is 20.3. The number of rotatable bonds is 9. The van der Waals surface area contributed by atoms with Gasteiger partial charge in [-0.15, -0.1) is 10.2 Å². The third kappa shape index (κ3) is 5.00. The van der Waals surface area contributed by atoms with Gasteiger partial charge in [0.25, 0.3) is 5.89 Å². The molecule has 0 saturated heterocycles. The van der Waals surface area contributed by atoms with Gasteiger partial charge in [0, 0.05) is 6.20 Å². The Morgan fingerprint density at radius 1 is 0.971 bits per heavy atom. The van der Waals surface area contributed by atoms with Crippen LogP contribution in [0.4, 0.5) is 0 Å². The Hall–Kier alpha value is -3.85. The Balaban J connectivity index is 1.85. The molecule has 2 N–H and O–H groups in total. The lowest BCUT2D eigenvalue weighted by molar-refractivity contribution is 0.395. The number of ether oxygens (including phenoxy) is 2. The molecule has 35 heavy (non-hydrogen) atoms. The molecule has 0 amide bonds. The van der Waals surface area contributed by atoms with Crippen molar-refractivity contribution < 1.29 is 24.1 Å².